The Balaban J connectivity index is 2.11. The minimum Gasteiger partial charge on any atom is -0.384 e. The van der Waals surface area contributed by atoms with Crippen molar-refractivity contribution in [1.29, 1.82) is 0 Å². The number of benzene rings is 2. The SMILES string of the molecule is OC(c1ccc(F)cc1)c1cccc2ccncc12. The molecule has 0 saturated heterocycles. The van der Waals surface area contributed by atoms with E-state index in [-0.39, 0.29) is 5.82 Å². The van der Waals surface area contributed by atoms with Gasteiger partial charge < -0.3 is 5.11 Å². The van der Waals surface area contributed by atoms with E-state index in [1.807, 2.05) is 24.3 Å². The van der Waals surface area contributed by atoms with E-state index in [1.165, 1.54) is 12.1 Å². The van der Waals surface area contributed by atoms with Crippen LogP contribution in [-0.4, -0.2) is 10.1 Å². The second kappa shape index (κ2) is 4.78. The lowest BCUT2D eigenvalue weighted by Gasteiger charge is -2.13. The highest BCUT2D eigenvalue weighted by Crippen LogP contribution is 2.28. The van der Waals surface area contributed by atoms with E-state index in [0.717, 1.165) is 16.3 Å². The summed E-state index contributed by atoms with van der Waals surface area (Å²) in [6.07, 6.45) is 2.67. The molecule has 3 heteroatoms. The second-order valence-corrected chi connectivity index (χ2v) is 4.40. The topological polar surface area (TPSA) is 33.1 Å². The van der Waals surface area contributed by atoms with E-state index < -0.39 is 6.10 Å². The van der Waals surface area contributed by atoms with Gasteiger partial charge in [-0.15, -0.1) is 0 Å². The molecular formula is C16H12FNO. The second-order valence-electron chi connectivity index (χ2n) is 4.40. The molecule has 94 valence electrons. The predicted molar refractivity (Wildman–Crippen MR) is 72.2 cm³/mol. The first kappa shape index (κ1) is 11.8. The molecule has 1 unspecified atom stereocenters. The van der Waals surface area contributed by atoms with Crippen LogP contribution < -0.4 is 0 Å². The standard InChI is InChI=1S/C16H12FNO/c17-13-6-4-12(5-7-13)16(19)14-3-1-2-11-8-9-18-10-15(11)14/h1-10,16,19H. The van der Waals surface area contributed by atoms with Gasteiger partial charge in [0.25, 0.3) is 0 Å². The molecule has 3 rings (SSSR count). The average Bonchev–Trinajstić information content (AvgIpc) is 2.47. The highest BCUT2D eigenvalue weighted by Gasteiger charge is 2.13. The fourth-order valence-corrected chi connectivity index (χ4v) is 2.20. The maximum absolute atomic E-state index is 12.9. The number of nitrogens with zero attached hydrogens (tertiary/aromatic N) is 1. The lowest BCUT2D eigenvalue weighted by Crippen LogP contribution is -2.00. The van der Waals surface area contributed by atoms with Gasteiger partial charge in [-0.2, -0.15) is 0 Å². The van der Waals surface area contributed by atoms with Crippen LogP contribution in [0.4, 0.5) is 4.39 Å². The van der Waals surface area contributed by atoms with Crippen molar-refractivity contribution >= 4 is 10.8 Å². The van der Waals surface area contributed by atoms with Crippen molar-refractivity contribution in [2.24, 2.45) is 0 Å². The summed E-state index contributed by atoms with van der Waals surface area (Å²) in [6.45, 7) is 0. The normalized spacial score (nSPS) is 12.5. The molecule has 1 atom stereocenters. The van der Waals surface area contributed by atoms with Crippen LogP contribution in [0.15, 0.2) is 60.9 Å². The van der Waals surface area contributed by atoms with Gasteiger partial charge in [-0.25, -0.2) is 4.39 Å². The maximum atomic E-state index is 12.9. The molecule has 0 aliphatic rings. The minimum atomic E-state index is -0.784. The highest BCUT2D eigenvalue weighted by atomic mass is 19.1. The van der Waals surface area contributed by atoms with Crippen LogP contribution in [0, 0.1) is 5.82 Å². The molecule has 2 aromatic carbocycles. The number of hydrogen-bond donors (Lipinski definition) is 1. The summed E-state index contributed by atoms with van der Waals surface area (Å²) in [5, 5.41) is 12.4. The van der Waals surface area contributed by atoms with Crippen LogP contribution >= 0.6 is 0 Å². The summed E-state index contributed by atoms with van der Waals surface area (Å²) in [6, 6.07) is 13.5. The summed E-state index contributed by atoms with van der Waals surface area (Å²) < 4.78 is 12.9. The van der Waals surface area contributed by atoms with Crippen LogP contribution in [0.3, 0.4) is 0 Å². The van der Waals surface area contributed by atoms with Crippen molar-refractivity contribution in [3.63, 3.8) is 0 Å². The van der Waals surface area contributed by atoms with Crippen LogP contribution in [0.25, 0.3) is 10.8 Å². The molecule has 2 nitrogen and oxygen atoms in total. The third kappa shape index (κ3) is 2.20. The number of fused-ring (bicyclic) bond motifs is 1. The van der Waals surface area contributed by atoms with Crippen molar-refractivity contribution in [3.8, 4) is 0 Å². The first-order valence-electron chi connectivity index (χ1n) is 6.02. The number of pyridine rings is 1. The van der Waals surface area contributed by atoms with Crippen LogP contribution in [0.5, 0.6) is 0 Å². The molecule has 0 amide bonds. The van der Waals surface area contributed by atoms with Crippen molar-refractivity contribution < 1.29 is 9.50 Å². The van der Waals surface area contributed by atoms with E-state index in [9.17, 15) is 9.50 Å². The van der Waals surface area contributed by atoms with Gasteiger partial charge in [0.1, 0.15) is 11.9 Å². The molecule has 19 heavy (non-hydrogen) atoms. The zero-order chi connectivity index (χ0) is 13.2. The van der Waals surface area contributed by atoms with Gasteiger partial charge in [-0.05, 0) is 34.7 Å². The van der Waals surface area contributed by atoms with E-state index in [4.69, 9.17) is 0 Å². The van der Waals surface area contributed by atoms with Crippen LogP contribution in [0.2, 0.25) is 0 Å². The minimum absolute atomic E-state index is 0.310. The molecule has 1 N–H and O–H groups in total. The number of halogens is 1. The summed E-state index contributed by atoms with van der Waals surface area (Å²) in [7, 11) is 0. The van der Waals surface area contributed by atoms with E-state index in [1.54, 1.807) is 24.5 Å². The molecule has 0 fully saturated rings. The largest absolute Gasteiger partial charge is 0.384 e. The smallest absolute Gasteiger partial charge is 0.123 e. The molecule has 0 aliphatic heterocycles. The Bertz CT molecular complexity index is 704. The maximum Gasteiger partial charge on any atom is 0.123 e. The van der Waals surface area contributed by atoms with Gasteiger partial charge in [-0.1, -0.05) is 30.3 Å². The highest BCUT2D eigenvalue weighted by molar-refractivity contribution is 5.85. The molecule has 0 spiro atoms. The lowest BCUT2D eigenvalue weighted by atomic mass is 9.97. The van der Waals surface area contributed by atoms with E-state index in [0.29, 0.717) is 5.56 Å². The Morgan fingerprint density at radius 3 is 2.58 bits per heavy atom. The Labute approximate surface area is 110 Å². The lowest BCUT2D eigenvalue weighted by molar-refractivity contribution is 0.222. The van der Waals surface area contributed by atoms with Crippen LogP contribution in [0.1, 0.15) is 17.2 Å². The third-order valence-corrected chi connectivity index (χ3v) is 3.20. The number of rotatable bonds is 2. The van der Waals surface area contributed by atoms with Gasteiger partial charge in [0.2, 0.25) is 0 Å². The van der Waals surface area contributed by atoms with Gasteiger partial charge >= 0.3 is 0 Å². The van der Waals surface area contributed by atoms with Gasteiger partial charge in [0, 0.05) is 17.8 Å². The van der Waals surface area contributed by atoms with Crippen molar-refractivity contribution in [1.82, 2.24) is 4.98 Å². The van der Waals surface area contributed by atoms with Crippen LogP contribution in [-0.2, 0) is 0 Å². The molecule has 3 aromatic rings. The Kier molecular flexibility index (Phi) is 2.97. The van der Waals surface area contributed by atoms with Gasteiger partial charge in [0.05, 0.1) is 0 Å². The van der Waals surface area contributed by atoms with Crippen molar-refractivity contribution in [2.45, 2.75) is 6.10 Å². The summed E-state index contributed by atoms with van der Waals surface area (Å²) >= 11 is 0. The summed E-state index contributed by atoms with van der Waals surface area (Å²) in [4.78, 5) is 4.09. The number of aliphatic hydroxyl groups is 1. The number of aromatic nitrogens is 1. The molecule has 0 aliphatic carbocycles. The summed E-state index contributed by atoms with van der Waals surface area (Å²) in [5.74, 6) is -0.310. The quantitative estimate of drug-likeness (QED) is 0.758. The summed E-state index contributed by atoms with van der Waals surface area (Å²) in [5.41, 5.74) is 1.44. The molecule has 0 bridgehead atoms. The van der Waals surface area contributed by atoms with Crippen molar-refractivity contribution in [2.75, 3.05) is 0 Å². The number of aliphatic hydroxyl groups excluding tert-OH is 1. The first-order chi connectivity index (χ1) is 9.25. The fraction of sp³-hybridized carbons (Fsp3) is 0.0625. The molecule has 0 saturated carbocycles. The van der Waals surface area contributed by atoms with Gasteiger partial charge in [-0.3, -0.25) is 4.98 Å². The molecule has 1 aromatic heterocycles. The zero-order valence-electron chi connectivity index (χ0n) is 10.1. The third-order valence-electron chi connectivity index (χ3n) is 3.20. The first-order valence-corrected chi connectivity index (χ1v) is 6.02. The Morgan fingerprint density at radius 2 is 1.79 bits per heavy atom. The Hall–Kier alpha value is -2.26. The van der Waals surface area contributed by atoms with Gasteiger partial charge in [0.15, 0.2) is 0 Å². The zero-order valence-corrected chi connectivity index (χ0v) is 10.1. The van der Waals surface area contributed by atoms with E-state index in [2.05, 4.69) is 4.98 Å². The van der Waals surface area contributed by atoms with Crippen molar-refractivity contribution in [3.05, 3.63) is 77.9 Å². The number of hydrogen-bond acceptors (Lipinski definition) is 2. The molecular weight excluding hydrogens is 241 g/mol. The Morgan fingerprint density at radius 1 is 1.00 bits per heavy atom. The fourth-order valence-electron chi connectivity index (χ4n) is 2.20. The molecule has 1 heterocycles. The predicted octanol–water partition coefficient (Wildman–Crippen LogP) is 3.46. The monoisotopic (exact) mass is 253 g/mol. The average molecular weight is 253 g/mol. The van der Waals surface area contributed by atoms with E-state index >= 15 is 0 Å². The molecule has 0 radical (unpaired) electrons.